The number of ether oxygens (including phenoxy) is 1. The Hall–Kier alpha value is -2.86. The van der Waals surface area contributed by atoms with Crippen LogP contribution >= 0.6 is 0 Å². The molecule has 0 radical (unpaired) electrons. The van der Waals surface area contributed by atoms with E-state index >= 15 is 0 Å². The molecule has 0 bridgehead atoms. The van der Waals surface area contributed by atoms with Gasteiger partial charge in [-0.1, -0.05) is 42.5 Å². The van der Waals surface area contributed by atoms with Crippen LogP contribution in [0.2, 0.25) is 0 Å². The first-order valence-corrected chi connectivity index (χ1v) is 8.93. The van der Waals surface area contributed by atoms with Gasteiger partial charge in [0.1, 0.15) is 12.4 Å². The van der Waals surface area contributed by atoms with Crippen LogP contribution in [0.15, 0.2) is 54.6 Å². The van der Waals surface area contributed by atoms with Gasteiger partial charge in [0.15, 0.2) is 0 Å². The second kappa shape index (κ2) is 10.3. The summed E-state index contributed by atoms with van der Waals surface area (Å²) in [6.45, 7) is 4.40. The van der Waals surface area contributed by atoms with Crippen LogP contribution in [0.25, 0.3) is 0 Å². The number of carbonyl (C=O) groups is 2. The van der Waals surface area contributed by atoms with Gasteiger partial charge in [-0.05, 0) is 37.1 Å². The maximum absolute atomic E-state index is 12.2. The van der Waals surface area contributed by atoms with Crippen LogP contribution in [0.1, 0.15) is 25.0 Å². The van der Waals surface area contributed by atoms with E-state index in [0.717, 1.165) is 16.9 Å². The molecular formula is C21H26N2O4. The highest BCUT2D eigenvalue weighted by atomic mass is 16.5. The number of nitrogens with one attached hydrogen (secondary N) is 1. The third kappa shape index (κ3) is 7.11. The summed E-state index contributed by atoms with van der Waals surface area (Å²) in [5.74, 6) is -0.360. The van der Waals surface area contributed by atoms with Crippen LogP contribution in [-0.4, -0.2) is 41.0 Å². The van der Waals surface area contributed by atoms with Crippen molar-refractivity contribution < 1.29 is 19.4 Å². The van der Waals surface area contributed by atoms with E-state index in [9.17, 15) is 9.59 Å². The summed E-state index contributed by atoms with van der Waals surface area (Å²) in [5, 5.41) is 11.8. The maximum Gasteiger partial charge on any atom is 0.317 e. The fourth-order valence-corrected chi connectivity index (χ4v) is 2.58. The molecule has 2 aromatic rings. The van der Waals surface area contributed by atoms with Crippen molar-refractivity contribution in [2.24, 2.45) is 0 Å². The number of carboxylic acids is 1. The second-order valence-electron chi connectivity index (χ2n) is 6.54. The Morgan fingerprint density at radius 3 is 2.26 bits per heavy atom. The average molecular weight is 370 g/mol. The number of carbonyl (C=O) groups excluding carboxylic acids is 1. The zero-order chi connectivity index (χ0) is 19.6. The van der Waals surface area contributed by atoms with Crippen molar-refractivity contribution in [3.8, 4) is 5.75 Å². The summed E-state index contributed by atoms with van der Waals surface area (Å²) in [5.41, 5.74) is 1.96. The number of benzene rings is 2. The van der Waals surface area contributed by atoms with Gasteiger partial charge in [-0.25, -0.2) is 0 Å². The third-order valence-electron chi connectivity index (χ3n) is 4.15. The Bertz CT molecular complexity index is 747. The van der Waals surface area contributed by atoms with Crippen LogP contribution in [0.5, 0.6) is 5.75 Å². The van der Waals surface area contributed by atoms with Gasteiger partial charge in [-0.15, -0.1) is 0 Å². The Morgan fingerprint density at radius 1 is 1.00 bits per heavy atom. The van der Waals surface area contributed by atoms with Gasteiger partial charge in [0, 0.05) is 12.6 Å². The van der Waals surface area contributed by atoms with E-state index in [1.807, 2.05) is 68.4 Å². The highest BCUT2D eigenvalue weighted by Crippen LogP contribution is 2.14. The van der Waals surface area contributed by atoms with Crippen molar-refractivity contribution in [1.29, 1.82) is 0 Å². The number of aliphatic carboxylic acids is 1. The Labute approximate surface area is 159 Å². The summed E-state index contributed by atoms with van der Waals surface area (Å²) < 4.78 is 5.79. The van der Waals surface area contributed by atoms with Crippen LogP contribution < -0.4 is 10.1 Å². The third-order valence-corrected chi connectivity index (χ3v) is 4.15. The molecule has 1 amide bonds. The van der Waals surface area contributed by atoms with E-state index < -0.39 is 5.97 Å². The van der Waals surface area contributed by atoms with Gasteiger partial charge in [-0.2, -0.15) is 0 Å². The van der Waals surface area contributed by atoms with Gasteiger partial charge >= 0.3 is 5.97 Å². The minimum Gasteiger partial charge on any atom is -0.489 e. The molecule has 2 N–H and O–H groups in total. The fraction of sp³-hybridized carbons (Fsp3) is 0.333. The smallest absolute Gasteiger partial charge is 0.317 e. The SMILES string of the molecule is CC(C)N(CC(=O)O)CC(=O)NCc1ccccc1COc1ccccc1. The molecule has 6 nitrogen and oxygen atoms in total. The summed E-state index contributed by atoms with van der Waals surface area (Å²) in [4.78, 5) is 24.8. The van der Waals surface area contributed by atoms with E-state index in [-0.39, 0.29) is 25.0 Å². The number of amides is 1. The molecule has 144 valence electrons. The van der Waals surface area contributed by atoms with Crippen LogP contribution in [0, 0.1) is 0 Å². The van der Waals surface area contributed by atoms with Gasteiger partial charge in [0.25, 0.3) is 0 Å². The van der Waals surface area contributed by atoms with Gasteiger partial charge in [0.05, 0.1) is 13.1 Å². The molecule has 0 heterocycles. The van der Waals surface area contributed by atoms with Crippen LogP contribution in [0.3, 0.4) is 0 Å². The summed E-state index contributed by atoms with van der Waals surface area (Å²) in [6, 6.07) is 17.3. The van der Waals surface area contributed by atoms with E-state index in [0.29, 0.717) is 13.2 Å². The summed E-state index contributed by atoms with van der Waals surface area (Å²) in [7, 11) is 0. The quantitative estimate of drug-likeness (QED) is 0.672. The van der Waals surface area contributed by atoms with Gasteiger partial charge in [-0.3, -0.25) is 14.5 Å². The Morgan fingerprint density at radius 2 is 1.63 bits per heavy atom. The van der Waals surface area contributed by atoms with Gasteiger partial charge in [0.2, 0.25) is 5.91 Å². The van der Waals surface area contributed by atoms with Crippen LogP contribution in [0.4, 0.5) is 0 Å². The van der Waals surface area contributed by atoms with Crippen molar-refractivity contribution in [1.82, 2.24) is 10.2 Å². The van der Waals surface area contributed by atoms with Crippen LogP contribution in [-0.2, 0) is 22.7 Å². The van der Waals surface area contributed by atoms with Crippen molar-refractivity contribution in [3.05, 3.63) is 65.7 Å². The molecule has 0 spiro atoms. The van der Waals surface area contributed by atoms with Crippen molar-refractivity contribution in [2.45, 2.75) is 33.0 Å². The van der Waals surface area contributed by atoms with E-state index in [2.05, 4.69) is 5.32 Å². The highest BCUT2D eigenvalue weighted by molar-refractivity contribution is 5.79. The minimum absolute atomic E-state index is 0.0293. The Kier molecular flexibility index (Phi) is 7.82. The topological polar surface area (TPSA) is 78.9 Å². The van der Waals surface area contributed by atoms with Gasteiger partial charge < -0.3 is 15.2 Å². The molecule has 0 saturated carbocycles. The predicted octanol–water partition coefficient (Wildman–Crippen LogP) is 2.68. The molecule has 0 aliphatic carbocycles. The van der Waals surface area contributed by atoms with E-state index in [1.165, 1.54) is 0 Å². The van der Waals surface area contributed by atoms with Crippen molar-refractivity contribution >= 4 is 11.9 Å². The minimum atomic E-state index is -0.945. The molecule has 0 aliphatic rings. The molecule has 27 heavy (non-hydrogen) atoms. The van der Waals surface area contributed by atoms with Crippen molar-refractivity contribution in [2.75, 3.05) is 13.1 Å². The monoisotopic (exact) mass is 370 g/mol. The van der Waals surface area contributed by atoms with Crippen molar-refractivity contribution in [3.63, 3.8) is 0 Å². The number of hydrogen-bond acceptors (Lipinski definition) is 4. The number of nitrogens with zero attached hydrogens (tertiary/aromatic N) is 1. The normalized spacial score (nSPS) is 10.8. The summed E-state index contributed by atoms with van der Waals surface area (Å²) >= 11 is 0. The first-order chi connectivity index (χ1) is 13.0. The zero-order valence-corrected chi connectivity index (χ0v) is 15.7. The lowest BCUT2D eigenvalue weighted by molar-refractivity contribution is -0.139. The fourth-order valence-electron chi connectivity index (χ4n) is 2.58. The highest BCUT2D eigenvalue weighted by Gasteiger charge is 2.17. The molecule has 0 unspecified atom stereocenters. The largest absolute Gasteiger partial charge is 0.489 e. The molecule has 0 aliphatic heterocycles. The molecule has 0 aromatic heterocycles. The summed E-state index contributed by atoms with van der Waals surface area (Å²) in [6.07, 6.45) is 0. The number of hydrogen-bond donors (Lipinski definition) is 2. The Balaban J connectivity index is 1.91. The molecule has 0 atom stereocenters. The standard InChI is InChI=1S/C21H26N2O4/c1-16(2)23(14-21(25)26)13-20(24)22-12-17-8-6-7-9-18(17)15-27-19-10-4-3-5-11-19/h3-11,16H,12-15H2,1-2H3,(H,22,24)(H,25,26). The van der Waals surface area contributed by atoms with E-state index in [4.69, 9.17) is 9.84 Å². The number of carboxylic acid groups (broad SMARTS) is 1. The first kappa shape index (κ1) is 20.5. The molecular weight excluding hydrogens is 344 g/mol. The zero-order valence-electron chi connectivity index (χ0n) is 15.7. The lowest BCUT2D eigenvalue weighted by atomic mass is 10.1. The number of rotatable bonds is 10. The second-order valence-corrected chi connectivity index (χ2v) is 6.54. The number of para-hydroxylation sites is 1. The first-order valence-electron chi connectivity index (χ1n) is 8.93. The molecule has 0 fully saturated rings. The maximum atomic E-state index is 12.2. The molecule has 6 heteroatoms. The van der Waals surface area contributed by atoms with E-state index in [1.54, 1.807) is 4.90 Å². The molecule has 2 aromatic carbocycles. The lowest BCUT2D eigenvalue weighted by Crippen LogP contribution is -2.43. The lowest BCUT2D eigenvalue weighted by Gasteiger charge is -2.23. The predicted molar refractivity (Wildman–Crippen MR) is 103 cm³/mol. The molecule has 2 rings (SSSR count). The average Bonchev–Trinajstić information content (AvgIpc) is 2.65. The molecule has 0 saturated heterocycles.